The molecule has 18 heavy (non-hydrogen) atoms. The number of benzene rings is 1. The zero-order valence-corrected chi connectivity index (χ0v) is 10.5. The molecule has 3 aliphatic rings. The fourth-order valence-electron chi connectivity index (χ4n) is 3.30. The molecule has 0 radical (unpaired) electrons. The van der Waals surface area contributed by atoms with Gasteiger partial charge in [0.25, 0.3) is 0 Å². The third-order valence-corrected chi connectivity index (χ3v) is 4.30. The lowest BCUT2D eigenvalue weighted by molar-refractivity contribution is -0.0497. The van der Waals surface area contributed by atoms with E-state index in [0.29, 0.717) is 12.0 Å². The predicted molar refractivity (Wildman–Crippen MR) is 72.2 cm³/mol. The van der Waals surface area contributed by atoms with E-state index >= 15 is 0 Å². The highest BCUT2D eigenvalue weighted by molar-refractivity contribution is 5.76. The van der Waals surface area contributed by atoms with E-state index in [2.05, 4.69) is 33.7 Å². The van der Waals surface area contributed by atoms with E-state index in [-0.39, 0.29) is 0 Å². The van der Waals surface area contributed by atoms with Crippen LogP contribution in [0.3, 0.4) is 0 Å². The molecule has 1 aromatic rings. The zero-order chi connectivity index (χ0) is 11.9. The number of nitrogens with zero attached hydrogens (tertiary/aromatic N) is 1. The second-order valence-electron chi connectivity index (χ2n) is 5.39. The monoisotopic (exact) mass is 245 g/mol. The molecular weight excluding hydrogens is 226 g/mol. The smallest absolute Gasteiger partial charge is 0.0651 e. The van der Waals surface area contributed by atoms with Crippen molar-refractivity contribution in [2.45, 2.75) is 6.04 Å². The molecule has 1 fully saturated rings. The molecule has 0 aromatic heterocycles. The van der Waals surface area contributed by atoms with Crippen LogP contribution in [0.4, 0.5) is 11.4 Å². The number of rotatable bonds is 1. The summed E-state index contributed by atoms with van der Waals surface area (Å²) in [5, 5.41) is 7.23. The molecule has 0 aliphatic carbocycles. The Morgan fingerprint density at radius 1 is 1.17 bits per heavy atom. The summed E-state index contributed by atoms with van der Waals surface area (Å²) in [4.78, 5) is 2.52. The van der Waals surface area contributed by atoms with Crippen molar-refractivity contribution in [1.82, 2.24) is 5.32 Å². The molecule has 0 saturated carbocycles. The highest BCUT2D eigenvalue weighted by atomic mass is 16.5. The lowest BCUT2D eigenvalue weighted by Gasteiger charge is -2.36. The maximum Gasteiger partial charge on any atom is 0.0651 e. The van der Waals surface area contributed by atoms with E-state index in [0.717, 1.165) is 39.4 Å². The van der Waals surface area contributed by atoms with Gasteiger partial charge in [0, 0.05) is 38.1 Å². The third-order valence-electron chi connectivity index (χ3n) is 4.30. The lowest BCUT2D eigenvalue weighted by Crippen LogP contribution is -2.40. The Balaban J connectivity index is 1.80. The van der Waals surface area contributed by atoms with Gasteiger partial charge in [0.05, 0.1) is 24.6 Å². The van der Waals surface area contributed by atoms with Gasteiger partial charge in [-0.3, -0.25) is 0 Å². The maximum atomic E-state index is 5.37. The first-order chi connectivity index (χ1) is 8.93. The molecule has 1 aromatic carbocycles. The van der Waals surface area contributed by atoms with Gasteiger partial charge in [-0.25, -0.2) is 0 Å². The molecule has 1 atom stereocenters. The van der Waals surface area contributed by atoms with Crippen LogP contribution in [0.1, 0.15) is 11.6 Å². The largest absolute Gasteiger partial charge is 0.382 e. The molecule has 0 bridgehead atoms. The van der Waals surface area contributed by atoms with Crippen molar-refractivity contribution in [2.24, 2.45) is 5.92 Å². The highest BCUT2D eigenvalue weighted by Crippen LogP contribution is 2.41. The summed E-state index contributed by atoms with van der Waals surface area (Å²) >= 11 is 0. The quantitative estimate of drug-likeness (QED) is 0.780. The topological polar surface area (TPSA) is 36.5 Å². The molecule has 0 amide bonds. The number of hydrogen-bond donors (Lipinski definition) is 2. The minimum Gasteiger partial charge on any atom is -0.382 e. The molecular formula is C14H19N3O. The van der Waals surface area contributed by atoms with Crippen LogP contribution >= 0.6 is 0 Å². The summed E-state index contributed by atoms with van der Waals surface area (Å²) in [5.41, 5.74) is 4.17. The summed E-state index contributed by atoms with van der Waals surface area (Å²) in [6.45, 7) is 6.13. The first-order valence-electron chi connectivity index (χ1n) is 6.86. The second kappa shape index (κ2) is 4.14. The van der Waals surface area contributed by atoms with Crippen molar-refractivity contribution in [3.05, 3.63) is 23.8 Å². The van der Waals surface area contributed by atoms with E-state index in [1.54, 1.807) is 0 Å². The van der Waals surface area contributed by atoms with Crippen molar-refractivity contribution in [3.8, 4) is 0 Å². The van der Waals surface area contributed by atoms with Gasteiger partial charge in [0.1, 0.15) is 0 Å². The Morgan fingerprint density at radius 2 is 2.06 bits per heavy atom. The van der Waals surface area contributed by atoms with E-state index in [1.165, 1.54) is 16.9 Å². The van der Waals surface area contributed by atoms with Gasteiger partial charge < -0.3 is 20.3 Å². The van der Waals surface area contributed by atoms with Crippen LogP contribution in [0.25, 0.3) is 0 Å². The SMILES string of the molecule is c1cc2c3c(c1)C(C1COC1)NCCN3CCN2. The standard InChI is InChI=1S/C14H19N3O/c1-2-11-13(10-8-18-9-10)16-5-7-17-6-4-15-12(3-1)14(11)17/h1-3,10,13,15-16H,4-9H2. The first kappa shape index (κ1) is 10.6. The molecule has 1 unspecified atom stereocenters. The Kier molecular flexibility index (Phi) is 2.45. The summed E-state index contributed by atoms with van der Waals surface area (Å²) in [6, 6.07) is 7.10. The molecule has 4 nitrogen and oxygen atoms in total. The molecule has 3 aliphatic heterocycles. The van der Waals surface area contributed by atoms with Crippen molar-refractivity contribution in [1.29, 1.82) is 0 Å². The normalized spacial score (nSPS) is 26.9. The van der Waals surface area contributed by atoms with Crippen molar-refractivity contribution in [3.63, 3.8) is 0 Å². The van der Waals surface area contributed by atoms with Gasteiger partial charge in [-0.15, -0.1) is 0 Å². The molecule has 0 spiro atoms. The van der Waals surface area contributed by atoms with Crippen LogP contribution in [-0.2, 0) is 4.74 Å². The number of ether oxygens (including phenoxy) is 1. The van der Waals surface area contributed by atoms with Gasteiger partial charge in [0.15, 0.2) is 0 Å². The molecule has 3 heterocycles. The Bertz CT molecular complexity index is 458. The summed E-state index contributed by atoms with van der Waals surface area (Å²) in [5.74, 6) is 0.637. The summed E-state index contributed by atoms with van der Waals surface area (Å²) < 4.78 is 5.37. The first-order valence-corrected chi connectivity index (χ1v) is 6.86. The number of anilines is 2. The van der Waals surface area contributed by atoms with Gasteiger partial charge in [0.2, 0.25) is 0 Å². The molecule has 96 valence electrons. The highest BCUT2D eigenvalue weighted by Gasteiger charge is 2.34. The van der Waals surface area contributed by atoms with E-state index in [1.807, 2.05) is 0 Å². The van der Waals surface area contributed by atoms with E-state index in [4.69, 9.17) is 4.74 Å². The van der Waals surface area contributed by atoms with E-state index in [9.17, 15) is 0 Å². The zero-order valence-electron chi connectivity index (χ0n) is 10.5. The third kappa shape index (κ3) is 1.52. The van der Waals surface area contributed by atoms with Crippen molar-refractivity contribution >= 4 is 11.4 Å². The van der Waals surface area contributed by atoms with Gasteiger partial charge in [-0.2, -0.15) is 0 Å². The minimum absolute atomic E-state index is 0.457. The number of nitrogens with one attached hydrogen (secondary N) is 2. The van der Waals surface area contributed by atoms with Crippen molar-refractivity contribution < 1.29 is 4.74 Å². The fourth-order valence-corrected chi connectivity index (χ4v) is 3.30. The Morgan fingerprint density at radius 3 is 2.89 bits per heavy atom. The van der Waals surface area contributed by atoms with E-state index < -0.39 is 0 Å². The second-order valence-corrected chi connectivity index (χ2v) is 5.39. The minimum atomic E-state index is 0.457. The van der Waals surface area contributed by atoms with Crippen LogP contribution < -0.4 is 15.5 Å². The van der Waals surface area contributed by atoms with Gasteiger partial charge >= 0.3 is 0 Å². The molecule has 2 N–H and O–H groups in total. The van der Waals surface area contributed by atoms with Crippen LogP contribution in [0, 0.1) is 5.92 Å². The lowest BCUT2D eigenvalue weighted by atomic mass is 9.90. The maximum absolute atomic E-state index is 5.37. The summed E-state index contributed by atoms with van der Waals surface area (Å²) in [7, 11) is 0. The molecule has 1 saturated heterocycles. The fraction of sp³-hybridized carbons (Fsp3) is 0.571. The van der Waals surface area contributed by atoms with Crippen molar-refractivity contribution in [2.75, 3.05) is 49.6 Å². The van der Waals surface area contributed by atoms with Crippen LogP contribution in [0.2, 0.25) is 0 Å². The van der Waals surface area contributed by atoms with Gasteiger partial charge in [-0.1, -0.05) is 12.1 Å². The Labute approximate surface area is 107 Å². The number of hydrogen-bond acceptors (Lipinski definition) is 4. The number of para-hydroxylation sites is 1. The molecule has 4 heteroatoms. The average Bonchev–Trinajstić information content (AvgIpc) is 2.51. The van der Waals surface area contributed by atoms with Crippen LogP contribution in [-0.4, -0.2) is 39.4 Å². The van der Waals surface area contributed by atoms with Crippen LogP contribution in [0.15, 0.2) is 18.2 Å². The van der Waals surface area contributed by atoms with Gasteiger partial charge in [-0.05, 0) is 11.6 Å². The summed E-state index contributed by atoms with van der Waals surface area (Å²) in [6.07, 6.45) is 0. The average molecular weight is 245 g/mol. The predicted octanol–water partition coefficient (Wildman–Crippen LogP) is 1.21. The Hall–Kier alpha value is -1.26. The molecule has 4 rings (SSSR count). The van der Waals surface area contributed by atoms with Crippen LogP contribution in [0.5, 0.6) is 0 Å².